The first-order chi connectivity index (χ1) is 13.6. The highest BCUT2D eigenvalue weighted by Crippen LogP contribution is 2.26. The minimum atomic E-state index is -0.444. The van der Waals surface area contributed by atoms with Crippen molar-refractivity contribution in [3.63, 3.8) is 0 Å². The molecule has 0 fully saturated rings. The quantitative estimate of drug-likeness (QED) is 0.803. The van der Waals surface area contributed by atoms with Gasteiger partial charge in [0.2, 0.25) is 0 Å². The van der Waals surface area contributed by atoms with Gasteiger partial charge < -0.3 is 9.47 Å². The lowest BCUT2D eigenvalue weighted by molar-refractivity contribution is 0.167. The Labute approximate surface area is 165 Å². The summed E-state index contributed by atoms with van der Waals surface area (Å²) in [5.74, 6) is 0. The number of carbonyl (C=O) groups is 2. The molecular formula is C22H26N2O4. The number of anilines is 2. The van der Waals surface area contributed by atoms with E-state index in [1.807, 2.05) is 12.1 Å². The topological polar surface area (TPSA) is 76.7 Å². The number of ether oxygens (including phenoxy) is 2. The SMILES string of the molecule is CCOC(=O)Nc1cc2ccc1CCc1ccc(cc1NC(=O)OCC)CC2. The number of hydrogen-bond donors (Lipinski definition) is 2. The van der Waals surface area contributed by atoms with Gasteiger partial charge in [-0.25, -0.2) is 9.59 Å². The Morgan fingerprint density at radius 2 is 1.18 bits per heavy atom. The molecule has 2 amide bonds. The number of nitrogens with one attached hydrogen (secondary N) is 2. The van der Waals surface area contributed by atoms with Crippen LogP contribution in [0.5, 0.6) is 0 Å². The summed E-state index contributed by atoms with van der Waals surface area (Å²) in [6.07, 6.45) is 2.21. The third-order valence-electron chi connectivity index (χ3n) is 4.74. The molecule has 4 aliphatic carbocycles. The maximum Gasteiger partial charge on any atom is 0.411 e. The van der Waals surface area contributed by atoms with Crippen LogP contribution < -0.4 is 10.6 Å². The van der Waals surface area contributed by atoms with Crippen molar-refractivity contribution < 1.29 is 19.1 Å². The van der Waals surface area contributed by atoms with Crippen molar-refractivity contribution in [3.8, 4) is 0 Å². The average Bonchev–Trinajstić information content (AvgIpc) is 2.65. The third kappa shape index (κ3) is 5.03. The first kappa shape index (κ1) is 19.7. The summed E-state index contributed by atoms with van der Waals surface area (Å²) < 4.78 is 10.1. The number of carbonyl (C=O) groups excluding carboxylic acids is 2. The van der Waals surface area contributed by atoms with Crippen LogP contribution in [0.1, 0.15) is 36.1 Å². The molecule has 0 aliphatic heterocycles. The maximum atomic E-state index is 11.9. The summed E-state index contributed by atoms with van der Waals surface area (Å²) in [5, 5.41) is 5.72. The lowest BCUT2D eigenvalue weighted by atomic mass is 9.94. The first-order valence-electron chi connectivity index (χ1n) is 9.70. The van der Waals surface area contributed by atoms with Crippen molar-refractivity contribution in [2.24, 2.45) is 0 Å². The number of amides is 2. The number of benzene rings is 2. The fourth-order valence-corrected chi connectivity index (χ4v) is 3.34. The zero-order chi connectivity index (χ0) is 19.9. The molecule has 2 aromatic carbocycles. The fourth-order valence-electron chi connectivity index (χ4n) is 3.34. The van der Waals surface area contributed by atoms with Gasteiger partial charge >= 0.3 is 12.2 Å². The molecule has 0 atom stereocenters. The molecule has 6 heteroatoms. The minimum Gasteiger partial charge on any atom is -0.450 e. The minimum absolute atomic E-state index is 0.329. The summed E-state index contributed by atoms with van der Waals surface area (Å²) in [4.78, 5) is 23.8. The normalized spacial score (nSPS) is 12.6. The Morgan fingerprint density at radius 3 is 1.57 bits per heavy atom. The van der Waals surface area contributed by atoms with Crippen molar-refractivity contribution in [3.05, 3.63) is 58.7 Å². The standard InChI is InChI=1S/C22H26N2O4/c1-3-27-21(25)23-19-13-15-5-6-16-8-10-18(12-11-17(19)9-7-15)20(14-16)24-22(26)28-4-2/h7-10,13-14H,3-6,11-12H2,1-2H3,(H,23,25)(H,24,26). The second-order valence-corrected chi connectivity index (χ2v) is 6.67. The van der Waals surface area contributed by atoms with Gasteiger partial charge in [0.15, 0.2) is 0 Å². The molecule has 148 valence electrons. The summed E-state index contributed by atoms with van der Waals surface area (Å²) in [6.45, 7) is 4.22. The Balaban J connectivity index is 1.87. The Bertz CT molecular complexity index is 792. The molecule has 2 N–H and O–H groups in total. The smallest absolute Gasteiger partial charge is 0.411 e. The zero-order valence-corrected chi connectivity index (χ0v) is 16.3. The molecule has 0 heterocycles. The molecule has 0 unspecified atom stereocenters. The van der Waals surface area contributed by atoms with E-state index in [1.54, 1.807) is 13.8 Å². The van der Waals surface area contributed by atoms with E-state index in [0.29, 0.717) is 13.2 Å². The van der Waals surface area contributed by atoms with Gasteiger partial charge in [0.25, 0.3) is 0 Å². The lowest BCUT2D eigenvalue weighted by Crippen LogP contribution is -2.16. The van der Waals surface area contributed by atoms with E-state index >= 15 is 0 Å². The van der Waals surface area contributed by atoms with Crippen LogP contribution in [0, 0.1) is 0 Å². The van der Waals surface area contributed by atoms with Crippen LogP contribution in [0.25, 0.3) is 0 Å². The van der Waals surface area contributed by atoms with Crippen LogP contribution in [0.4, 0.5) is 21.0 Å². The highest BCUT2D eigenvalue weighted by Gasteiger charge is 2.14. The van der Waals surface area contributed by atoms with Gasteiger partial charge in [-0.3, -0.25) is 10.6 Å². The van der Waals surface area contributed by atoms with Gasteiger partial charge in [-0.15, -0.1) is 0 Å². The highest BCUT2D eigenvalue weighted by molar-refractivity contribution is 5.86. The van der Waals surface area contributed by atoms with Crippen LogP contribution in [0.3, 0.4) is 0 Å². The lowest BCUT2D eigenvalue weighted by Gasteiger charge is -2.17. The molecule has 4 bridgehead atoms. The van der Waals surface area contributed by atoms with Crippen LogP contribution in [-0.4, -0.2) is 25.4 Å². The Morgan fingerprint density at radius 1 is 0.750 bits per heavy atom. The van der Waals surface area contributed by atoms with Gasteiger partial charge in [-0.05, 0) is 73.9 Å². The van der Waals surface area contributed by atoms with Crippen molar-refractivity contribution in [2.75, 3.05) is 23.8 Å². The van der Waals surface area contributed by atoms with Crippen molar-refractivity contribution >= 4 is 23.6 Å². The van der Waals surface area contributed by atoms with Gasteiger partial charge in [-0.1, -0.05) is 24.3 Å². The summed E-state index contributed by atoms with van der Waals surface area (Å²) in [5.41, 5.74) is 5.91. The van der Waals surface area contributed by atoms with E-state index in [4.69, 9.17) is 9.47 Å². The number of hydrogen-bond acceptors (Lipinski definition) is 4. The Hall–Kier alpha value is -3.02. The molecule has 4 aliphatic rings. The van der Waals surface area contributed by atoms with E-state index in [9.17, 15) is 9.59 Å². The van der Waals surface area contributed by atoms with E-state index in [1.165, 1.54) is 0 Å². The van der Waals surface area contributed by atoms with E-state index in [2.05, 4.69) is 34.9 Å². The zero-order valence-electron chi connectivity index (χ0n) is 16.3. The number of aryl methyl sites for hydroxylation is 4. The molecule has 0 saturated carbocycles. The largest absolute Gasteiger partial charge is 0.450 e. The van der Waals surface area contributed by atoms with Gasteiger partial charge in [-0.2, -0.15) is 0 Å². The Kier molecular flexibility index (Phi) is 6.53. The molecule has 6 rings (SSSR count). The fraction of sp³-hybridized carbons (Fsp3) is 0.364. The van der Waals surface area contributed by atoms with Gasteiger partial charge in [0, 0.05) is 11.4 Å². The molecule has 0 spiro atoms. The molecule has 28 heavy (non-hydrogen) atoms. The summed E-state index contributed by atoms with van der Waals surface area (Å²) >= 11 is 0. The van der Waals surface area contributed by atoms with E-state index in [-0.39, 0.29) is 0 Å². The first-order valence-corrected chi connectivity index (χ1v) is 9.70. The van der Waals surface area contributed by atoms with Crippen LogP contribution >= 0.6 is 0 Å². The predicted octanol–water partition coefficient (Wildman–Crippen LogP) is 4.71. The molecule has 0 saturated heterocycles. The third-order valence-corrected chi connectivity index (χ3v) is 4.74. The summed E-state index contributed by atoms with van der Waals surface area (Å²) in [7, 11) is 0. The number of rotatable bonds is 4. The van der Waals surface area contributed by atoms with Crippen LogP contribution in [-0.2, 0) is 35.2 Å². The monoisotopic (exact) mass is 382 g/mol. The van der Waals surface area contributed by atoms with Crippen molar-refractivity contribution in [2.45, 2.75) is 39.5 Å². The highest BCUT2D eigenvalue weighted by atomic mass is 16.6. The average molecular weight is 382 g/mol. The maximum absolute atomic E-state index is 11.9. The predicted molar refractivity (Wildman–Crippen MR) is 109 cm³/mol. The van der Waals surface area contributed by atoms with Crippen molar-refractivity contribution in [1.29, 1.82) is 0 Å². The molecular weight excluding hydrogens is 356 g/mol. The van der Waals surface area contributed by atoms with E-state index in [0.717, 1.165) is 59.3 Å². The van der Waals surface area contributed by atoms with Crippen LogP contribution in [0.15, 0.2) is 36.4 Å². The second-order valence-electron chi connectivity index (χ2n) is 6.67. The summed E-state index contributed by atoms with van der Waals surface area (Å²) in [6, 6.07) is 12.4. The molecule has 0 aromatic heterocycles. The molecule has 0 radical (unpaired) electrons. The van der Waals surface area contributed by atoms with Gasteiger partial charge in [0.05, 0.1) is 13.2 Å². The second kappa shape index (κ2) is 9.26. The van der Waals surface area contributed by atoms with E-state index < -0.39 is 12.2 Å². The molecule has 2 aromatic rings. The van der Waals surface area contributed by atoms with Crippen LogP contribution in [0.2, 0.25) is 0 Å². The van der Waals surface area contributed by atoms with Crippen molar-refractivity contribution in [1.82, 2.24) is 0 Å². The molecule has 6 nitrogen and oxygen atoms in total. The van der Waals surface area contributed by atoms with Gasteiger partial charge in [0.1, 0.15) is 0 Å².